The van der Waals surface area contributed by atoms with Crippen LogP contribution >= 0.6 is 0 Å². The fourth-order valence-corrected chi connectivity index (χ4v) is 2.58. The van der Waals surface area contributed by atoms with Crippen LogP contribution in [0.25, 0.3) is 0 Å². The van der Waals surface area contributed by atoms with Gasteiger partial charge in [-0.1, -0.05) is 13.8 Å². The zero-order chi connectivity index (χ0) is 14.3. The van der Waals surface area contributed by atoms with Crippen LogP contribution in [0, 0.1) is 11.3 Å². The molecule has 0 spiro atoms. The highest BCUT2D eigenvalue weighted by Gasteiger charge is 2.20. The van der Waals surface area contributed by atoms with Gasteiger partial charge in [-0.3, -0.25) is 4.79 Å². The molecule has 3 N–H and O–H groups in total. The summed E-state index contributed by atoms with van der Waals surface area (Å²) in [5.41, 5.74) is 5.76. The van der Waals surface area contributed by atoms with Crippen molar-refractivity contribution < 1.29 is 4.79 Å². The number of hydrogen-bond donors (Lipinski definition) is 2. The minimum Gasteiger partial charge on any atom is -0.356 e. The number of hydrogen-bond acceptors (Lipinski definition) is 3. The molecule has 1 fully saturated rings. The molecule has 0 aromatic carbocycles. The van der Waals surface area contributed by atoms with Gasteiger partial charge in [0.05, 0.1) is 0 Å². The minimum absolute atomic E-state index is 0.180. The molecule has 1 aliphatic heterocycles. The lowest BCUT2D eigenvalue weighted by Gasteiger charge is -2.29. The maximum atomic E-state index is 11.8. The summed E-state index contributed by atoms with van der Waals surface area (Å²) in [5.74, 6) is 0.862. The lowest BCUT2D eigenvalue weighted by atomic mass is 9.84. The molecular formula is C15H31N3O. The Labute approximate surface area is 118 Å². The third kappa shape index (κ3) is 6.92. The Kier molecular flexibility index (Phi) is 6.80. The molecule has 0 aromatic rings. The molecule has 1 amide bonds. The van der Waals surface area contributed by atoms with E-state index in [-0.39, 0.29) is 11.3 Å². The second kappa shape index (κ2) is 7.85. The van der Waals surface area contributed by atoms with Gasteiger partial charge in [0, 0.05) is 13.0 Å². The van der Waals surface area contributed by atoms with E-state index in [0.717, 1.165) is 32.5 Å². The summed E-state index contributed by atoms with van der Waals surface area (Å²) in [6.45, 7) is 8.23. The highest BCUT2D eigenvalue weighted by Crippen LogP contribution is 2.25. The van der Waals surface area contributed by atoms with E-state index >= 15 is 0 Å². The molecule has 0 saturated carbocycles. The summed E-state index contributed by atoms with van der Waals surface area (Å²) in [6, 6.07) is 0. The van der Waals surface area contributed by atoms with Crippen LogP contribution in [-0.4, -0.2) is 44.0 Å². The van der Waals surface area contributed by atoms with Gasteiger partial charge in [-0.15, -0.1) is 0 Å². The van der Waals surface area contributed by atoms with Crippen molar-refractivity contribution in [2.45, 2.75) is 46.0 Å². The van der Waals surface area contributed by atoms with Gasteiger partial charge < -0.3 is 16.0 Å². The van der Waals surface area contributed by atoms with E-state index in [1.165, 1.54) is 12.8 Å². The van der Waals surface area contributed by atoms with Crippen molar-refractivity contribution >= 4 is 5.91 Å². The molecule has 0 atom stereocenters. The minimum atomic E-state index is 0.180. The summed E-state index contributed by atoms with van der Waals surface area (Å²) in [5, 5.41) is 3.09. The van der Waals surface area contributed by atoms with Gasteiger partial charge in [0.2, 0.25) is 5.91 Å². The van der Waals surface area contributed by atoms with Crippen LogP contribution in [0.5, 0.6) is 0 Å². The predicted molar refractivity (Wildman–Crippen MR) is 79.9 cm³/mol. The summed E-state index contributed by atoms with van der Waals surface area (Å²) in [4.78, 5) is 14.2. The zero-order valence-corrected chi connectivity index (χ0v) is 12.9. The van der Waals surface area contributed by atoms with Crippen molar-refractivity contribution in [1.82, 2.24) is 10.2 Å². The largest absolute Gasteiger partial charge is 0.356 e. The zero-order valence-electron chi connectivity index (χ0n) is 12.9. The Balaban J connectivity index is 2.14. The summed E-state index contributed by atoms with van der Waals surface area (Å²) in [7, 11) is 2.16. The van der Waals surface area contributed by atoms with Crippen LogP contribution in [0.3, 0.4) is 0 Å². The average Bonchev–Trinajstić information content (AvgIpc) is 2.36. The molecule has 1 rings (SSSR count). The normalized spacial score (nSPS) is 18.5. The van der Waals surface area contributed by atoms with E-state index in [1.54, 1.807) is 0 Å². The van der Waals surface area contributed by atoms with Gasteiger partial charge in [0.25, 0.3) is 0 Å². The van der Waals surface area contributed by atoms with Crippen molar-refractivity contribution in [3.63, 3.8) is 0 Å². The first kappa shape index (κ1) is 16.4. The van der Waals surface area contributed by atoms with Gasteiger partial charge in [0.1, 0.15) is 0 Å². The smallest absolute Gasteiger partial charge is 0.220 e. The number of nitrogens with zero attached hydrogens (tertiary/aromatic N) is 1. The molecule has 1 saturated heterocycles. The number of carbonyl (C=O) groups excluding carboxylic acids is 1. The molecule has 19 heavy (non-hydrogen) atoms. The van der Waals surface area contributed by atoms with E-state index in [1.807, 2.05) is 0 Å². The second-order valence-corrected chi connectivity index (χ2v) is 6.75. The number of likely N-dealkylation sites (tertiary alicyclic amines) is 1. The number of piperidine rings is 1. The van der Waals surface area contributed by atoms with Crippen LogP contribution in [0.15, 0.2) is 0 Å². The van der Waals surface area contributed by atoms with E-state index in [4.69, 9.17) is 5.73 Å². The van der Waals surface area contributed by atoms with Gasteiger partial charge in [-0.05, 0) is 63.7 Å². The molecule has 1 heterocycles. The molecule has 0 bridgehead atoms. The molecule has 0 unspecified atom stereocenters. The van der Waals surface area contributed by atoms with E-state index in [0.29, 0.717) is 18.9 Å². The SMILES string of the molecule is CN1CCC(CNC(=O)CCC(C)(C)CCN)CC1. The van der Waals surface area contributed by atoms with Gasteiger partial charge in [-0.25, -0.2) is 0 Å². The van der Waals surface area contributed by atoms with Gasteiger partial charge in [0.15, 0.2) is 0 Å². The number of carbonyl (C=O) groups is 1. The fourth-order valence-electron chi connectivity index (χ4n) is 2.58. The predicted octanol–water partition coefficient (Wildman–Crippen LogP) is 1.60. The standard InChI is InChI=1S/C15H31N3O/c1-15(2,8-9-16)7-4-14(19)17-12-13-5-10-18(3)11-6-13/h13H,4-12,16H2,1-3H3,(H,17,19). The highest BCUT2D eigenvalue weighted by atomic mass is 16.1. The Morgan fingerprint density at radius 3 is 2.53 bits per heavy atom. The quantitative estimate of drug-likeness (QED) is 0.738. The number of nitrogens with two attached hydrogens (primary N) is 1. The van der Waals surface area contributed by atoms with Crippen LogP contribution in [0.4, 0.5) is 0 Å². The monoisotopic (exact) mass is 269 g/mol. The average molecular weight is 269 g/mol. The maximum absolute atomic E-state index is 11.8. The Morgan fingerprint density at radius 1 is 1.32 bits per heavy atom. The van der Waals surface area contributed by atoms with Crippen molar-refractivity contribution in [3.05, 3.63) is 0 Å². The Morgan fingerprint density at radius 2 is 1.95 bits per heavy atom. The fraction of sp³-hybridized carbons (Fsp3) is 0.933. The molecule has 0 aliphatic carbocycles. The van der Waals surface area contributed by atoms with Crippen LogP contribution < -0.4 is 11.1 Å². The molecule has 4 nitrogen and oxygen atoms in total. The van der Waals surface area contributed by atoms with E-state index in [9.17, 15) is 4.79 Å². The van der Waals surface area contributed by atoms with E-state index < -0.39 is 0 Å². The third-order valence-electron chi connectivity index (χ3n) is 4.28. The summed E-state index contributed by atoms with van der Waals surface area (Å²) >= 11 is 0. The van der Waals surface area contributed by atoms with Crippen molar-refractivity contribution in [1.29, 1.82) is 0 Å². The first-order valence-electron chi connectivity index (χ1n) is 7.58. The first-order valence-corrected chi connectivity index (χ1v) is 7.58. The maximum Gasteiger partial charge on any atom is 0.220 e. The Bertz CT molecular complexity index is 271. The molecule has 0 radical (unpaired) electrons. The number of rotatable bonds is 7. The second-order valence-electron chi connectivity index (χ2n) is 6.75. The molecule has 4 heteroatoms. The topological polar surface area (TPSA) is 58.4 Å². The lowest BCUT2D eigenvalue weighted by Crippen LogP contribution is -2.37. The molecule has 112 valence electrons. The Hall–Kier alpha value is -0.610. The first-order chi connectivity index (χ1) is 8.93. The van der Waals surface area contributed by atoms with E-state index in [2.05, 4.69) is 31.1 Å². The van der Waals surface area contributed by atoms with Crippen LogP contribution in [-0.2, 0) is 4.79 Å². The van der Waals surface area contributed by atoms with Gasteiger partial charge >= 0.3 is 0 Å². The van der Waals surface area contributed by atoms with Crippen molar-refractivity contribution in [2.75, 3.05) is 33.2 Å². The summed E-state index contributed by atoms with van der Waals surface area (Å²) < 4.78 is 0. The molecule has 1 aliphatic rings. The molecular weight excluding hydrogens is 238 g/mol. The van der Waals surface area contributed by atoms with Crippen molar-refractivity contribution in [2.24, 2.45) is 17.1 Å². The third-order valence-corrected chi connectivity index (χ3v) is 4.28. The summed E-state index contributed by atoms with van der Waals surface area (Å²) in [6.07, 6.45) is 4.93. The van der Waals surface area contributed by atoms with Gasteiger partial charge in [-0.2, -0.15) is 0 Å². The van der Waals surface area contributed by atoms with Crippen LogP contribution in [0.2, 0.25) is 0 Å². The molecule has 0 aromatic heterocycles. The van der Waals surface area contributed by atoms with Crippen LogP contribution in [0.1, 0.15) is 46.0 Å². The van der Waals surface area contributed by atoms with Crippen molar-refractivity contribution in [3.8, 4) is 0 Å². The highest BCUT2D eigenvalue weighted by molar-refractivity contribution is 5.75. The number of amides is 1. The number of nitrogens with one attached hydrogen (secondary N) is 1. The lowest BCUT2D eigenvalue weighted by molar-refractivity contribution is -0.121.